The summed E-state index contributed by atoms with van der Waals surface area (Å²) in [6.45, 7) is 7.11. The highest BCUT2D eigenvalue weighted by atomic mass is 79.9. The Morgan fingerprint density at radius 2 is 2.33 bits per heavy atom. The highest BCUT2D eigenvalue weighted by Crippen LogP contribution is 2.32. The summed E-state index contributed by atoms with van der Waals surface area (Å²) in [5.41, 5.74) is 1.31. The fraction of sp³-hybridized carbons (Fsp3) is 0.500. The molecule has 1 heterocycles. The van der Waals surface area contributed by atoms with Crippen molar-refractivity contribution < 1.29 is 0 Å². The summed E-state index contributed by atoms with van der Waals surface area (Å²) in [7, 11) is 0. The Labute approximate surface area is 104 Å². The molecule has 0 fully saturated rings. The molecule has 1 N–H and O–H groups in total. The Balaban J connectivity index is 2.81. The third kappa shape index (κ3) is 3.64. The van der Waals surface area contributed by atoms with Gasteiger partial charge >= 0.3 is 0 Å². The molecule has 15 heavy (non-hydrogen) atoms. The van der Waals surface area contributed by atoms with E-state index < -0.39 is 0 Å². The maximum absolute atomic E-state index is 3.56. The van der Waals surface area contributed by atoms with E-state index in [1.807, 2.05) is 6.92 Å². The molecule has 0 aromatic carbocycles. The van der Waals surface area contributed by atoms with Gasteiger partial charge in [0.05, 0.1) is 9.83 Å². The zero-order valence-electron chi connectivity index (χ0n) is 9.36. The summed E-state index contributed by atoms with van der Waals surface area (Å²) in [5, 5.41) is 3.46. The lowest BCUT2D eigenvalue weighted by Crippen LogP contribution is -2.19. The average molecular weight is 286 g/mol. The van der Waals surface area contributed by atoms with Crippen LogP contribution in [0.25, 0.3) is 0 Å². The molecule has 0 saturated heterocycles. The van der Waals surface area contributed by atoms with Gasteiger partial charge < -0.3 is 5.32 Å². The number of hydrogen-bond acceptors (Lipinski definition) is 2. The number of aryl methyl sites for hydroxylation is 1. The number of rotatable bonds is 4. The predicted octanol–water partition coefficient (Wildman–Crippen LogP) is 3.88. The van der Waals surface area contributed by atoms with Crippen molar-refractivity contribution >= 4 is 27.3 Å². The molecule has 0 aliphatic carbocycles. The maximum Gasteiger partial charge on any atom is 0.0731 e. The zero-order chi connectivity index (χ0) is 11.3. The van der Waals surface area contributed by atoms with Crippen molar-refractivity contribution in [1.82, 2.24) is 5.32 Å². The van der Waals surface area contributed by atoms with E-state index in [4.69, 9.17) is 0 Å². The Kier molecular flexibility index (Phi) is 5.38. The lowest BCUT2D eigenvalue weighted by molar-refractivity contribution is 0.573. The van der Waals surface area contributed by atoms with E-state index in [2.05, 4.69) is 53.0 Å². The second-order valence-electron chi connectivity index (χ2n) is 3.35. The number of halogens is 1. The molecule has 0 amide bonds. The highest BCUT2D eigenvalue weighted by molar-refractivity contribution is 9.11. The molecule has 1 nitrogen and oxygen atoms in total. The average Bonchev–Trinajstić information content (AvgIpc) is 2.54. The molecule has 1 aromatic rings. The summed E-state index contributed by atoms with van der Waals surface area (Å²) >= 11 is 5.36. The van der Waals surface area contributed by atoms with Gasteiger partial charge in [-0.1, -0.05) is 6.92 Å². The van der Waals surface area contributed by atoms with E-state index in [9.17, 15) is 0 Å². The third-order valence-corrected chi connectivity index (χ3v) is 4.40. The first-order valence-electron chi connectivity index (χ1n) is 5.07. The standard InChI is InChI=1S/C12H16BrNS/c1-4-6-7-10(14-5-2)11-8-9(3)12(13)15-11/h8,10,14H,5,7H2,1-3H3. The maximum atomic E-state index is 3.56. The molecule has 0 aliphatic rings. The van der Waals surface area contributed by atoms with Gasteiger partial charge in [0.1, 0.15) is 0 Å². The van der Waals surface area contributed by atoms with E-state index in [0.717, 1.165) is 13.0 Å². The molecule has 3 heteroatoms. The fourth-order valence-electron chi connectivity index (χ4n) is 1.38. The molecule has 1 atom stereocenters. The van der Waals surface area contributed by atoms with Gasteiger partial charge in [-0.3, -0.25) is 0 Å². The molecule has 1 aromatic heterocycles. The fourth-order valence-corrected chi connectivity index (χ4v) is 3.03. The minimum atomic E-state index is 0.373. The van der Waals surface area contributed by atoms with Crippen LogP contribution in [0.5, 0.6) is 0 Å². The van der Waals surface area contributed by atoms with Crippen LogP contribution in [0.1, 0.15) is 36.8 Å². The van der Waals surface area contributed by atoms with Crippen molar-refractivity contribution in [3.8, 4) is 11.8 Å². The molecular formula is C12H16BrNS. The van der Waals surface area contributed by atoms with Crippen LogP contribution < -0.4 is 5.32 Å². The molecule has 0 radical (unpaired) electrons. The Morgan fingerprint density at radius 1 is 1.60 bits per heavy atom. The number of hydrogen-bond donors (Lipinski definition) is 1. The first kappa shape index (κ1) is 12.8. The van der Waals surface area contributed by atoms with Gasteiger partial charge in [0.25, 0.3) is 0 Å². The van der Waals surface area contributed by atoms with Crippen LogP contribution in [-0.2, 0) is 0 Å². The van der Waals surface area contributed by atoms with Gasteiger partial charge in [-0.05, 0) is 48.0 Å². The monoisotopic (exact) mass is 285 g/mol. The van der Waals surface area contributed by atoms with Crippen LogP contribution in [0.4, 0.5) is 0 Å². The van der Waals surface area contributed by atoms with Crippen LogP contribution in [0, 0.1) is 18.8 Å². The largest absolute Gasteiger partial charge is 0.309 e. The molecule has 0 bridgehead atoms. The molecule has 1 unspecified atom stereocenters. The van der Waals surface area contributed by atoms with E-state index in [1.165, 1.54) is 14.2 Å². The SMILES string of the molecule is CC#CCC(NCC)c1cc(C)c(Br)s1. The third-order valence-electron chi connectivity index (χ3n) is 2.15. The second kappa shape index (κ2) is 6.32. The van der Waals surface area contributed by atoms with Crippen molar-refractivity contribution in [3.05, 3.63) is 20.3 Å². The molecule has 0 aliphatic heterocycles. The summed E-state index contributed by atoms with van der Waals surface area (Å²) in [6, 6.07) is 2.61. The van der Waals surface area contributed by atoms with Crippen LogP contribution in [0.2, 0.25) is 0 Å². The van der Waals surface area contributed by atoms with Crippen LogP contribution in [0.15, 0.2) is 9.85 Å². The van der Waals surface area contributed by atoms with Crippen LogP contribution in [-0.4, -0.2) is 6.54 Å². The summed E-state index contributed by atoms with van der Waals surface area (Å²) in [4.78, 5) is 1.36. The van der Waals surface area contributed by atoms with Gasteiger partial charge in [-0.25, -0.2) is 0 Å². The van der Waals surface area contributed by atoms with Crippen molar-refractivity contribution in [2.45, 2.75) is 33.2 Å². The quantitative estimate of drug-likeness (QED) is 0.828. The molecule has 1 rings (SSSR count). The van der Waals surface area contributed by atoms with Gasteiger partial charge in [0, 0.05) is 11.3 Å². The Hall–Kier alpha value is -0.300. The first-order chi connectivity index (χ1) is 7.19. The molecule has 0 saturated carbocycles. The number of nitrogens with one attached hydrogen (secondary N) is 1. The molecule has 82 valence electrons. The van der Waals surface area contributed by atoms with Gasteiger partial charge in [0.15, 0.2) is 0 Å². The van der Waals surface area contributed by atoms with Gasteiger partial charge in [0.2, 0.25) is 0 Å². The minimum Gasteiger partial charge on any atom is -0.309 e. The van der Waals surface area contributed by atoms with Crippen LogP contribution >= 0.6 is 27.3 Å². The summed E-state index contributed by atoms with van der Waals surface area (Å²) in [5.74, 6) is 6.09. The lowest BCUT2D eigenvalue weighted by Gasteiger charge is -2.12. The van der Waals surface area contributed by atoms with E-state index in [-0.39, 0.29) is 0 Å². The number of thiophene rings is 1. The second-order valence-corrected chi connectivity index (χ2v) is 5.75. The molecule has 0 spiro atoms. The first-order valence-corrected chi connectivity index (χ1v) is 6.68. The normalized spacial score (nSPS) is 12.0. The summed E-state index contributed by atoms with van der Waals surface area (Å²) < 4.78 is 1.23. The summed E-state index contributed by atoms with van der Waals surface area (Å²) in [6.07, 6.45) is 0.886. The Morgan fingerprint density at radius 3 is 2.80 bits per heavy atom. The van der Waals surface area contributed by atoms with Crippen molar-refractivity contribution in [1.29, 1.82) is 0 Å². The van der Waals surface area contributed by atoms with Crippen molar-refractivity contribution in [2.75, 3.05) is 6.54 Å². The predicted molar refractivity (Wildman–Crippen MR) is 71.2 cm³/mol. The van der Waals surface area contributed by atoms with Crippen molar-refractivity contribution in [3.63, 3.8) is 0 Å². The van der Waals surface area contributed by atoms with E-state index in [1.54, 1.807) is 11.3 Å². The van der Waals surface area contributed by atoms with Crippen LogP contribution in [0.3, 0.4) is 0 Å². The molecular weight excluding hydrogens is 270 g/mol. The van der Waals surface area contributed by atoms with Crippen molar-refractivity contribution in [2.24, 2.45) is 0 Å². The zero-order valence-corrected chi connectivity index (χ0v) is 11.8. The van der Waals surface area contributed by atoms with Gasteiger partial charge in [-0.15, -0.1) is 23.2 Å². The van der Waals surface area contributed by atoms with E-state index in [0.29, 0.717) is 6.04 Å². The lowest BCUT2D eigenvalue weighted by atomic mass is 10.1. The van der Waals surface area contributed by atoms with Gasteiger partial charge in [-0.2, -0.15) is 0 Å². The minimum absolute atomic E-state index is 0.373. The highest BCUT2D eigenvalue weighted by Gasteiger charge is 2.12. The topological polar surface area (TPSA) is 12.0 Å². The smallest absolute Gasteiger partial charge is 0.0731 e. The Bertz CT molecular complexity index is 353. The van der Waals surface area contributed by atoms with E-state index >= 15 is 0 Å².